The van der Waals surface area contributed by atoms with Crippen molar-refractivity contribution in [3.05, 3.63) is 64.2 Å². The predicted molar refractivity (Wildman–Crippen MR) is 118 cm³/mol. The Bertz CT molecular complexity index is 937. The summed E-state index contributed by atoms with van der Waals surface area (Å²) in [6.45, 7) is 8.97. The van der Waals surface area contributed by atoms with Gasteiger partial charge in [0.2, 0.25) is 0 Å². The van der Waals surface area contributed by atoms with Crippen LogP contribution in [0.2, 0.25) is 5.02 Å². The van der Waals surface area contributed by atoms with Gasteiger partial charge in [-0.1, -0.05) is 44.5 Å². The molecule has 5 nitrogen and oxygen atoms in total. The van der Waals surface area contributed by atoms with Crippen LogP contribution in [0.15, 0.2) is 48.0 Å². The van der Waals surface area contributed by atoms with Crippen LogP contribution in [0.4, 0.5) is 0 Å². The van der Waals surface area contributed by atoms with Gasteiger partial charge in [-0.3, -0.25) is 0 Å². The van der Waals surface area contributed by atoms with Crippen LogP contribution in [0.5, 0.6) is 11.5 Å². The lowest BCUT2D eigenvalue weighted by Gasteiger charge is -2.19. The van der Waals surface area contributed by atoms with Gasteiger partial charge >= 0.3 is 5.97 Å². The fraction of sp³-hybridized carbons (Fsp3) is 0.333. The molecule has 0 radical (unpaired) electrons. The summed E-state index contributed by atoms with van der Waals surface area (Å²) in [6.07, 6.45) is 1.41. The van der Waals surface area contributed by atoms with Crippen LogP contribution < -0.4 is 9.47 Å². The van der Waals surface area contributed by atoms with Crippen LogP contribution >= 0.6 is 11.6 Å². The third-order valence-corrected chi connectivity index (χ3v) is 4.45. The molecule has 0 unspecified atom stereocenters. The summed E-state index contributed by atoms with van der Waals surface area (Å²) in [6, 6.07) is 14.8. The summed E-state index contributed by atoms with van der Waals surface area (Å²) in [5.74, 6) is 0.563. The molecule has 0 fully saturated rings. The highest BCUT2D eigenvalue weighted by Crippen LogP contribution is 2.26. The molecule has 0 saturated heterocycles. The predicted octanol–water partition coefficient (Wildman–Crippen LogP) is 5.57. The van der Waals surface area contributed by atoms with Crippen LogP contribution in [0.25, 0.3) is 6.08 Å². The molecule has 0 bridgehead atoms. The van der Waals surface area contributed by atoms with Gasteiger partial charge in [-0.15, -0.1) is 0 Å². The van der Waals surface area contributed by atoms with Gasteiger partial charge in [0.25, 0.3) is 0 Å². The number of ether oxygens (including phenoxy) is 3. The summed E-state index contributed by atoms with van der Waals surface area (Å²) in [4.78, 5) is 11.9. The van der Waals surface area contributed by atoms with Crippen molar-refractivity contribution in [2.75, 3.05) is 19.8 Å². The molecule has 0 amide bonds. The molecule has 0 aromatic heterocycles. The van der Waals surface area contributed by atoms with E-state index in [1.807, 2.05) is 18.2 Å². The van der Waals surface area contributed by atoms with E-state index < -0.39 is 5.97 Å². The molecule has 30 heavy (non-hydrogen) atoms. The van der Waals surface area contributed by atoms with Gasteiger partial charge in [0.05, 0.1) is 6.61 Å². The smallest absolute Gasteiger partial charge is 0.348 e. The molecule has 0 aliphatic rings. The highest BCUT2D eigenvalue weighted by molar-refractivity contribution is 6.30. The molecule has 0 saturated carbocycles. The van der Waals surface area contributed by atoms with Crippen LogP contribution in [-0.2, 0) is 14.9 Å². The van der Waals surface area contributed by atoms with Crippen molar-refractivity contribution in [1.82, 2.24) is 0 Å². The maximum Gasteiger partial charge on any atom is 0.348 e. The summed E-state index contributed by atoms with van der Waals surface area (Å²) < 4.78 is 16.4. The van der Waals surface area contributed by atoms with Crippen molar-refractivity contribution < 1.29 is 19.0 Å². The van der Waals surface area contributed by atoms with E-state index in [0.29, 0.717) is 22.9 Å². The Labute approximate surface area is 182 Å². The number of nitriles is 1. The SMILES string of the molecule is CCOC(=O)/C(C#N)=C\c1cc(Cl)ccc1OCCOc1ccc(C(C)(C)C)cc1. The van der Waals surface area contributed by atoms with Crippen molar-refractivity contribution >= 4 is 23.6 Å². The van der Waals surface area contributed by atoms with Crippen molar-refractivity contribution in [3.8, 4) is 17.6 Å². The zero-order chi connectivity index (χ0) is 22.1. The molecule has 2 aromatic carbocycles. The number of esters is 1. The number of carbonyl (C=O) groups is 1. The number of nitrogens with zero attached hydrogens (tertiary/aromatic N) is 1. The van der Waals surface area contributed by atoms with Crippen LogP contribution in [0.1, 0.15) is 38.8 Å². The van der Waals surface area contributed by atoms with E-state index in [4.69, 9.17) is 25.8 Å². The fourth-order valence-electron chi connectivity index (χ4n) is 2.63. The van der Waals surface area contributed by atoms with E-state index >= 15 is 0 Å². The first-order valence-corrected chi connectivity index (χ1v) is 10.1. The van der Waals surface area contributed by atoms with Gasteiger partial charge in [-0.25, -0.2) is 4.79 Å². The zero-order valence-corrected chi connectivity index (χ0v) is 18.5. The summed E-state index contributed by atoms with van der Waals surface area (Å²) >= 11 is 6.06. The summed E-state index contributed by atoms with van der Waals surface area (Å²) in [5.41, 5.74) is 1.71. The lowest BCUT2D eigenvalue weighted by atomic mass is 9.87. The van der Waals surface area contributed by atoms with Gasteiger partial charge in [-0.2, -0.15) is 5.26 Å². The van der Waals surface area contributed by atoms with Crippen molar-refractivity contribution in [2.45, 2.75) is 33.1 Å². The van der Waals surface area contributed by atoms with Crippen LogP contribution in [0.3, 0.4) is 0 Å². The molecule has 158 valence electrons. The van der Waals surface area contributed by atoms with Gasteiger partial charge in [0.1, 0.15) is 36.4 Å². The maximum absolute atomic E-state index is 11.9. The Kier molecular flexibility index (Phi) is 8.32. The second kappa shape index (κ2) is 10.7. The first-order valence-electron chi connectivity index (χ1n) is 9.69. The number of rotatable bonds is 8. The fourth-order valence-corrected chi connectivity index (χ4v) is 2.81. The number of halogens is 1. The van der Waals surface area contributed by atoms with E-state index in [1.165, 1.54) is 11.6 Å². The Balaban J connectivity index is 2.02. The summed E-state index contributed by atoms with van der Waals surface area (Å²) in [5, 5.41) is 9.70. The molecule has 6 heteroatoms. The Hall–Kier alpha value is -2.97. The molecule has 0 aliphatic carbocycles. The van der Waals surface area contributed by atoms with Gasteiger partial charge in [-0.05, 0) is 54.3 Å². The molecule has 2 rings (SSSR count). The number of hydrogen-bond acceptors (Lipinski definition) is 5. The average Bonchev–Trinajstić information content (AvgIpc) is 2.70. The Morgan fingerprint density at radius 3 is 2.37 bits per heavy atom. The Morgan fingerprint density at radius 2 is 1.77 bits per heavy atom. The van der Waals surface area contributed by atoms with E-state index in [0.717, 1.165) is 5.75 Å². The highest BCUT2D eigenvalue weighted by Gasteiger charge is 2.14. The van der Waals surface area contributed by atoms with Crippen LogP contribution in [0, 0.1) is 11.3 Å². The topological polar surface area (TPSA) is 68.6 Å². The standard InChI is InChI=1S/C24H26ClNO4/c1-5-28-23(27)18(16-26)14-17-15-20(25)8-11-22(17)30-13-12-29-21-9-6-19(7-10-21)24(2,3)4/h6-11,14-15H,5,12-13H2,1-4H3/b18-14-. The second-order valence-electron chi connectivity index (χ2n) is 7.54. The number of benzene rings is 2. The van der Waals surface area contributed by atoms with Crippen molar-refractivity contribution in [3.63, 3.8) is 0 Å². The first kappa shape index (κ1) is 23.3. The minimum absolute atomic E-state index is 0.0893. The van der Waals surface area contributed by atoms with Gasteiger partial charge in [0, 0.05) is 10.6 Å². The summed E-state index contributed by atoms with van der Waals surface area (Å²) in [7, 11) is 0. The highest BCUT2D eigenvalue weighted by atomic mass is 35.5. The van der Waals surface area contributed by atoms with Crippen LogP contribution in [-0.4, -0.2) is 25.8 Å². The molecular formula is C24H26ClNO4. The second-order valence-corrected chi connectivity index (χ2v) is 7.98. The normalized spacial score (nSPS) is 11.5. The zero-order valence-electron chi connectivity index (χ0n) is 17.7. The van der Waals surface area contributed by atoms with E-state index in [9.17, 15) is 10.1 Å². The van der Waals surface area contributed by atoms with Gasteiger partial charge in [0.15, 0.2) is 0 Å². The minimum atomic E-state index is -0.687. The third-order valence-electron chi connectivity index (χ3n) is 4.22. The van der Waals surface area contributed by atoms with Gasteiger partial charge < -0.3 is 14.2 Å². The van der Waals surface area contributed by atoms with E-state index in [-0.39, 0.29) is 24.2 Å². The minimum Gasteiger partial charge on any atom is -0.490 e. The molecule has 0 spiro atoms. The molecular weight excluding hydrogens is 402 g/mol. The van der Waals surface area contributed by atoms with E-state index in [1.54, 1.807) is 25.1 Å². The van der Waals surface area contributed by atoms with E-state index in [2.05, 4.69) is 32.9 Å². The molecule has 0 aliphatic heterocycles. The molecule has 0 N–H and O–H groups in total. The average molecular weight is 428 g/mol. The number of hydrogen-bond donors (Lipinski definition) is 0. The first-order chi connectivity index (χ1) is 14.2. The monoisotopic (exact) mass is 427 g/mol. The molecule has 0 atom stereocenters. The maximum atomic E-state index is 11.9. The van der Waals surface area contributed by atoms with Crippen molar-refractivity contribution in [2.24, 2.45) is 0 Å². The van der Waals surface area contributed by atoms with Crippen molar-refractivity contribution in [1.29, 1.82) is 5.26 Å². The quantitative estimate of drug-likeness (QED) is 0.238. The lowest BCUT2D eigenvalue weighted by Crippen LogP contribution is -2.12. The lowest BCUT2D eigenvalue weighted by molar-refractivity contribution is -0.137. The number of carbonyl (C=O) groups excluding carboxylic acids is 1. The molecule has 2 aromatic rings. The largest absolute Gasteiger partial charge is 0.490 e. The molecule has 0 heterocycles. The third kappa shape index (κ3) is 6.82. The Morgan fingerprint density at radius 1 is 1.10 bits per heavy atom.